The fourth-order valence-corrected chi connectivity index (χ4v) is 0.425. The molecule has 1 rings (SSSR count). The summed E-state index contributed by atoms with van der Waals surface area (Å²) in [5.41, 5.74) is 0. The van der Waals surface area contributed by atoms with E-state index in [0.717, 1.165) is 0 Å². The number of ether oxygens (including phenoxy) is 1. The Hall–Kier alpha value is 0.00623. The van der Waals surface area contributed by atoms with Crippen LogP contribution in [0.2, 0.25) is 0 Å². The molecule has 0 aliphatic heterocycles. The van der Waals surface area contributed by atoms with Crippen LogP contribution in [0, 0.1) is 6.20 Å². The number of aromatic nitrogens is 1. The molecule has 0 fully saturated rings. The minimum atomic E-state index is 0. The summed E-state index contributed by atoms with van der Waals surface area (Å²) in [5, 5.41) is 0. The second-order valence-electron chi connectivity index (χ2n) is 1.31. The Kier molecular flexibility index (Phi) is 9.01. The van der Waals surface area contributed by atoms with Gasteiger partial charge < -0.3 is 22.1 Å². The first-order valence-corrected chi connectivity index (χ1v) is 2.30. The number of pyridine rings is 1. The van der Waals surface area contributed by atoms with Crippen molar-refractivity contribution in [3.63, 3.8) is 0 Å². The molecule has 0 bridgehead atoms. The number of halogens is 1. The van der Waals surface area contributed by atoms with E-state index in [1.165, 1.54) is 0 Å². The fraction of sp³-hybridized carbons (Fsp3) is 0.167. The molecule has 0 saturated carbocycles. The third-order valence-electron chi connectivity index (χ3n) is 0.793. The van der Waals surface area contributed by atoms with Crippen LogP contribution in [0.4, 0.5) is 0 Å². The standard InChI is InChI=1S/C6H6NO.ClH.Mg/c1-8-6-4-2-3-5-7-6;;/h2-4H,1H3;1H;/q-1;;+2/p-1. The van der Waals surface area contributed by atoms with Gasteiger partial charge in [0.15, 0.2) is 0 Å². The Morgan fingerprint density at radius 3 is 2.60 bits per heavy atom. The quantitative estimate of drug-likeness (QED) is 0.342. The van der Waals surface area contributed by atoms with Gasteiger partial charge in [0, 0.05) is 0 Å². The molecular formula is C6H6ClMgNO. The summed E-state index contributed by atoms with van der Waals surface area (Å²) in [7, 11) is 1.58. The Bertz CT molecular complexity index is 159. The average molecular weight is 168 g/mol. The molecule has 0 amide bonds. The van der Waals surface area contributed by atoms with Crippen molar-refractivity contribution in [2.45, 2.75) is 0 Å². The Labute approximate surface area is 82.6 Å². The predicted molar refractivity (Wildman–Crippen MR) is 35.4 cm³/mol. The van der Waals surface area contributed by atoms with Crippen molar-refractivity contribution in [2.24, 2.45) is 0 Å². The summed E-state index contributed by atoms with van der Waals surface area (Å²) in [6, 6.07) is 5.32. The molecule has 0 radical (unpaired) electrons. The van der Waals surface area contributed by atoms with Crippen LogP contribution in [-0.4, -0.2) is 35.1 Å². The van der Waals surface area contributed by atoms with E-state index in [2.05, 4.69) is 11.2 Å². The van der Waals surface area contributed by atoms with E-state index in [0.29, 0.717) is 5.88 Å². The molecule has 10 heavy (non-hydrogen) atoms. The van der Waals surface area contributed by atoms with Crippen molar-refractivity contribution in [2.75, 3.05) is 7.11 Å². The molecule has 2 nitrogen and oxygen atoms in total. The van der Waals surface area contributed by atoms with Gasteiger partial charge in [-0.3, -0.25) is 0 Å². The zero-order valence-corrected chi connectivity index (χ0v) is 7.84. The molecular weight excluding hydrogens is 162 g/mol. The van der Waals surface area contributed by atoms with Crippen molar-refractivity contribution in [3.8, 4) is 5.88 Å². The first kappa shape index (κ1) is 12.7. The third kappa shape index (κ3) is 3.93. The van der Waals surface area contributed by atoms with Gasteiger partial charge in [-0.15, -0.1) is 6.07 Å². The average Bonchev–Trinajstić information content (AvgIpc) is 1.90. The van der Waals surface area contributed by atoms with E-state index in [1.807, 2.05) is 6.07 Å². The predicted octanol–water partition coefficient (Wildman–Crippen LogP) is -2.49. The molecule has 1 aromatic heterocycles. The number of methoxy groups -OCH3 is 1. The summed E-state index contributed by atoms with van der Waals surface area (Å²) < 4.78 is 4.77. The molecule has 4 heteroatoms. The second kappa shape index (κ2) is 7.12. The minimum absolute atomic E-state index is 0. The molecule has 0 aliphatic carbocycles. The van der Waals surface area contributed by atoms with Gasteiger partial charge in [-0.1, -0.05) is 6.20 Å². The molecule has 1 heterocycles. The fourth-order valence-electron chi connectivity index (χ4n) is 0.425. The van der Waals surface area contributed by atoms with Gasteiger partial charge >= 0.3 is 23.1 Å². The van der Waals surface area contributed by atoms with Crippen molar-refractivity contribution in [1.29, 1.82) is 0 Å². The maximum Gasteiger partial charge on any atom is 2.00 e. The van der Waals surface area contributed by atoms with Gasteiger partial charge in [0.25, 0.3) is 0 Å². The Balaban J connectivity index is 0. The van der Waals surface area contributed by atoms with Gasteiger partial charge in [-0.05, 0) is 0 Å². The molecule has 0 N–H and O–H groups in total. The summed E-state index contributed by atoms with van der Waals surface area (Å²) in [6.45, 7) is 0. The molecule has 1 aromatic rings. The zero-order chi connectivity index (χ0) is 5.82. The second-order valence-corrected chi connectivity index (χ2v) is 1.31. The van der Waals surface area contributed by atoms with E-state index in [1.54, 1.807) is 19.2 Å². The van der Waals surface area contributed by atoms with Crippen molar-refractivity contribution >= 4 is 23.1 Å². The van der Waals surface area contributed by atoms with Gasteiger partial charge in [0.1, 0.15) is 0 Å². The Morgan fingerprint density at radius 2 is 2.30 bits per heavy atom. The molecule has 0 aromatic carbocycles. The number of hydrogen-bond acceptors (Lipinski definition) is 2. The van der Waals surface area contributed by atoms with Gasteiger partial charge in [0.2, 0.25) is 0 Å². The van der Waals surface area contributed by atoms with Crippen molar-refractivity contribution < 1.29 is 17.1 Å². The molecule has 0 atom stereocenters. The van der Waals surface area contributed by atoms with Crippen LogP contribution in [0.25, 0.3) is 0 Å². The summed E-state index contributed by atoms with van der Waals surface area (Å²) in [5.74, 6) is 0.604. The van der Waals surface area contributed by atoms with E-state index in [4.69, 9.17) is 4.74 Å². The normalized spacial score (nSPS) is 6.90. The molecule has 0 saturated heterocycles. The van der Waals surface area contributed by atoms with E-state index < -0.39 is 0 Å². The van der Waals surface area contributed by atoms with Gasteiger partial charge in [-0.2, -0.15) is 12.1 Å². The van der Waals surface area contributed by atoms with Crippen LogP contribution in [0.1, 0.15) is 0 Å². The zero-order valence-electron chi connectivity index (χ0n) is 5.67. The third-order valence-corrected chi connectivity index (χ3v) is 0.793. The van der Waals surface area contributed by atoms with Crippen molar-refractivity contribution in [1.82, 2.24) is 4.98 Å². The summed E-state index contributed by atoms with van der Waals surface area (Å²) >= 11 is 0. The maximum absolute atomic E-state index is 4.77. The molecule has 0 aliphatic rings. The topological polar surface area (TPSA) is 22.1 Å². The number of hydrogen-bond donors (Lipinski definition) is 0. The largest absolute Gasteiger partial charge is 2.00 e. The van der Waals surface area contributed by atoms with Crippen LogP contribution in [0.5, 0.6) is 5.88 Å². The molecule has 0 unspecified atom stereocenters. The smallest absolute Gasteiger partial charge is 1.00 e. The number of rotatable bonds is 1. The first-order valence-electron chi connectivity index (χ1n) is 2.30. The monoisotopic (exact) mass is 167 g/mol. The number of nitrogens with zero attached hydrogens (tertiary/aromatic N) is 1. The maximum atomic E-state index is 4.77. The van der Waals surface area contributed by atoms with Crippen LogP contribution < -0.4 is 17.1 Å². The summed E-state index contributed by atoms with van der Waals surface area (Å²) in [4.78, 5) is 3.75. The van der Waals surface area contributed by atoms with E-state index >= 15 is 0 Å². The van der Waals surface area contributed by atoms with Gasteiger partial charge in [-0.25, -0.2) is 0 Å². The SMILES string of the molecule is COc1ccc[c-]n1.[Cl-].[Mg+2]. The van der Waals surface area contributed by atoms with Crippen LogP contribution in [-0.2, 0) is 0 Å². The summed E-state index contributed by atoms with van der Waals surface area (Å²) in [6.07, 6.45) is 2.64. The molecule has 50 valence electrons. The first-order chi connectivity index (χ1) is 3.93. The molecule has 0 spiro atoms. The van der Waals surface area contributed by atoms with Crippen LogP contribution in [0.15, 0.2) is 18.2 Å². The van der Waals surface area contributed by atoms with Gasteiger partial charge in [0.05, 0.1) is 13.0 Å². The Morgan fingerprint density at radius 1 is 1.60 bits per heavy atom. The van der Waals surface area contributed by atoms with Crippen LogP contribution in [0.3, 0.4) is 0 Å². The van der Waals surface area contributed by atoms with E-state index in [9.17, 15) is 0 Å². The van der Waals surface area contributed by atoms with Crippen molar-refractivity contribution in [3.05, 3.63) is 24.4 Å². The van der Waals surface area contributed by atoms with E-state index in [-0.39, 0.29) is 35.5 Å². The van der Waals surface area contributed by atoms with Crippen LogP contribution >= 0.6 is 0 Å². The minimum Gasteiger partial charge on any atom is -1.00 e.